The molecular weight excluding hydrogens is 326 g/mol. The van der Waals surface area contributed by atoms with E-state index in [1.54, 1.807) is 24.3 Å². The summed E-state index contributed by atoms with van der Waals surface area (Å²) in [6.45, 7) is 4.12. The summed E-state index contributed by atoms with van der Waals surface area (Å²) in [6.07, 6.45) is 1.08. The first-order chi connectivity index (χ1) is 11.2. The molecule has 0 aliphatic carbocycles. The molecule has 0 heterocycles. The van der Waals surface area contributed by atoms with Crippen molar-refractivity contribution in [3.63, 3.8) is 0 Å². The second-order valence-electron chi connectivity index (χ2n) is 5.77. The van der Waals surface area contributed by atoms with Crippen molar-refractivity contribution in [3.8, 4) is 0 Å². The van der Waals surface area contributed by atoms with Crippen LogP contribution in [0.25, 0.3) is 0 Å². The van der Waals surface area contributed by atoms with Gasteiger partial charge in [0.25, 0.3) is 0 Å². The smallest absolute Gasteiger partial charge is 0.308 e. The third-order valence-electron chi connectivity index (χ3n) is 3.28. The van der Waals surface area contributed by atoms with Gasteiger partial charge in [0, 0.05) is 17.1 Å². The number of rotatable bonds is 5. The molecule has 0 aliphatic heterocycles. The largest absolute Gasteiger partial charge is 0.323 e. The zero-order chi connectivity index (χ0) is 17.7. The lowest BCUT2D eigenvalue weighted by atomic mass is 10.0. The summed E-state index contributed by atoms with van der Waals surface area (Å²) in [4.78, 5) is 12.1. The number of amides is 2. The first-order valence-corrected chi connectivity index (χ1v) is 9.38. The Morgan fingerprint density at radius 1 is 0.917 bits per heavy atom. The molecule has 0 fully saturated rings. The molecule has 0 unspecified atom stereocenters. The first-order valence-electron chi connectivity index (χ1n) is 7.49. The zero-order valence-corrected chi connectivity index (χ0v) is 14.6. The van der Waals surface area contributed by atoms with Crippen LogP contribution in [-0.4, -0.2) is 20.7 Å². The Morgan fingerprint density at radius 2 is 1.50 bits per heavy atom. The van der Waals surface area contributed by atoms with Crippen LogP contribution in [0.1, 0.15) is 25.3 Å². The third kappa shape index (κ3) is 5.27. The molecule has 0 saturated carbocycles. The normalized spacial score (nSPS) is 11.2. The van der Waals surface area contributed by atoms with Crippen LogP contribution in [0.2, 0.25) is 0 Å². The van der Waals surface area contributed by atoms with Crippen LogP contribution in [0.15, 0.2) is 48.5 Å². The van der Waals surface area contributed by atoms with Gasteiger partial charge in [0.1, 0.15) is 0 Å². The van der Waals surface area contributed by atoms with E-state index < -0.39 is 10.0 Å². The van der Waals surface area contributed by atoms with Crippen LogP contribution >= 0.6 is 0 Å². The SMILES string of the molecule is CC(C)c1ccccc1NC(=O)Nc1ccc(NS(C)(=O)=O)cc1. The Morgan fingerprint density at radius 3 is 2.08 bits per heavy atom. The van der Waals surface area contributed by atoms with E-state index in [1.165, 1.54) is 0 Å². The number of carbonyl (C=O) groups excluding carboxylic acids is 1. The topological polar surface area (TPSA) is 87.3 Å². The van der Waals surface area contributed by atoms with Gasteiger partial charge >= 0.3 is 6.03 Å². The maximum absolute atomic E-state index is 12.1. The van der Waals surface area contributed by atoms with Gasteiger partial charge in [-0.25, -0.2) is 13.2 Å². The van der Waals surface area contributed by atoms with Crippen LogP contribution in [0.3, 0.4) is 0 Å². The summed E-state index contributed by atoms with van der Waals surface area (Å²) in [6, 6.07) is 13.7. The molecule has 0 atom stereocenters. The van der Waals surface area contributed by atoms with E-state index in [2.05, 4.69) is 29.2 Å². The average molecular weight is 347 g/mol. The minimum Gasteiger partial charge on any atom is -0.308 e. The summed E-state index contributed by atoms with van der Waals surface area (Å²) >= 11 is 0. The van der Waals surface area contributed by atoms with Gasteiger partial charge in [0.05, 0.1) is 6.26 Å². The molecule has 0 saturated heterocycles. The minimum absolute atomic E-state index is 0.294. The molecule has 6 nitrogen and oxygen atoms in total. The number of nitrogens with one attached hydrogen (secondary N) is 3. The summed E-state index contributed by atoms with van der Waals surface area (Å²) in [5.41, 5.74) is 2.82. The molecule has 2 rings (SSSR count). The van der Waals surface area contributed by atoms with Gasteiger partial charge < -0.3 is 10.6 Å². The summed E-state index contributed by atoms with van der Waals surface area (Å²) < 4.78 is 24.7. The lowest BCUT2D eigenvalue weighted by Crippen LogP contribution is -2.20. The molecule has 7 heteroatoms. The van der Waals surface area contributed by atoms with Crippen molar-refractivity contribution in [1.29, 1.82) is 0 Å². The predicted molar refractivity (Wildman–Crippen MR) is 98.1 cm³/mol. The second kappa shape index (κ2) is 7.35. The van der Waals surface area contributed by atoms with E-state index in [-0.39, 0.29) is 6.03 Å². The molecule has 2 amide bonds. The maximum atomic E-state index is 12.1. The molecule has 0 spiro atoms. The van der Waals surface area contributed by atoms with E-state index in [1.807, 2.05) is 24.3 Å². The average Bonchev–Trinajstić information content (AvgIpc) is 2.48. The third-order valence-corrected chi connectivity index (χ3v) is 3.88. The number of benzene rings is 2. The number of hydrogen-bond acceptors (Lipinski definition) is 3. The van der Waals surface area contributed by atoms with Crippen molar-refractivity contribution in [3.05, 3.63) is 54.1 Å². The van der Waals surface area contributed by atoms with Gasteiger partial charge in [-0.15, -0.1) is 0 Å². The number of urea groups is 1. The van der Waals surface area contributed by atoms with E-state index in [9.17, 15) is 13.2 Å². The van der Waals surface area contributed by atoms with Crippen LogP contribution in [-0.2, 0) is 10.0 Å². The summed E-state index contributed by atoms with van der Waals surface area (Å²) in [5, 5.41) is 5.55. The molecule has 0 aromatic heterocycles. The second-order valence-corrected chi connectivity index (χ2v) is 7.52. The molecule has 2 aromatic carbocycles. The van der Waals surface area contributed by atoms with Crippen LogP contribution < -0.4 is 15.4 Å². The Kier molecular flexibility index (Phi) is 5.46. The Labute approximate surface area is 142 Å². The highest BCUT2D eigenvalue weighted by molar-refractivity contribution is 7.92. The van der Waals surface area contributed by atoms with Crippen molar-refractivity contribution < 1.29 is 13.2 Å². The summed E-state index contributed by atoms with van der Waals surface area (Å²) in [5.74, 6) is 0.294. The quantitative estimate of drug-likeness (QED) is 0.768. The molecule has 0 radical (unpaired) electrons. The molecule has 0 aliphatic rings. The van der Waals surface area contributed by atoms with Crippen molar-refractivity contribution in [2.75, 3.05) is 21.6 Å². The molecular formula is C17H21N3O3S. The highest BCUT2D eigenvalue weighted by Gasteiger charge is 2.09. The number of hydrogen-bond donors (Lipinski definition) is 3. The lowest BCUT2D eigenvalue weighted by molar-refractivity contribution is 0.262. The van der Waals surface area contributed by atoms with Crippen molar-refractivity contribution in [2.45, 2.75) is 19.8 Å². The Bertz CT molecular complexity index is 815. The standard InChI is InChI=1S/C17H21N3O3S/c1-12(2)15-6-4-5-7-16(15)19-17(21)18-13-8-10-14(11-9-13)20-24(3,22)23/h4-12,20H,1-3H3,(H2,18,19,21). The predicted octanol–water partition coefficient (Wildman–Crippen LogP) is 3.83. The van der Waals surface area contributed by atoms with E-state index in [0.29, 0.717) is 17.3 Å². The van der Waals surface area contributed by atoms with Crippen LogP contribution in [0, 0.1) is 0 Å². The fourth-order valence-corrected chi connectivity index (χ4v) is 2.80. The highest BCUT2D eigenvalue weighted by atomic mass is 32.2. The molecule has 0 bridgehead atoms. The molecule has 3 N–H and O–H groups in total. The van der Waals surface area contributed by atoms with Crippen molar-refractivity contribution >= 4 is 33.1 Å². The first kappa shape index (κ1) is 17.8. The van der Waals surface area contributed by atoms with Crippen molar-refractivity contribution in [1.82, 2.24) is 0 Å². The zero-order valence-electron chi connectivity index (χ0n) is 13.8. The highest BCUT2D eigenvalue weighted by Crippen LogP contribution is 2.24. The van der Waals surface area contributed by atoms with Gasteiger partial charge in [-0.1, -0.05) is 32.0 Å². The fraction of sp³-hybridized carbons (Fsp3) is 0.235. The minimum atomic E-state index is -3.32. The molecule has 128 valence electrons. The van der Waals surface area contributed by atoms with Gasteiger partial charge in [0.15, 0.2) is 0 Å². The number of para-hydroxylation sites is 1. The number of sulfonamides is 1. The Hall–Kier alpha value is -2.54. The molecule has 24 heavy (non-hydrogen) atoms. The van der Waals surface area contributed by atoms with Gasteiger partial charge in [-0.2, -0.15) is 0 Å². The maximum Gasteiger partial charge on any atom is 0.323 e. The number of anilines is 3. The monoisotopic (exact) mass is 347 g/mol. The fourth-order valence-electron chi connectivity index (χ4n) is 2.23. The van der Waals surface area contributed by atoms with Gasteiger partial charge in [-0.3, -0.25) is 4.72 Å². The number of carbonyl (C=O) groups is 1. The van der Waals surface area contributed by atoms with Crippen molar-refractivity contribution in [2.24, 2.45) is 0 Å². The van der Waals surface area contributed by atoms with Gasteiger partial charge in [-0.05, 0) is 41.8 Å². The van der Waals surface area contributed by atoms with Gasteiger partial charge in [0.2, 0.25) is 10.0 Å². The van der Waals surface area contributed by atoms with E-state index in [0.717, 1.165) is 17.5 Å². The molecule has 2 aromatic rings. The Balaban J connectivity index is 2.03. The van der Waals surface area contributed by atoms with Crippen LogP contribution in [0.5, 0.6) is 0 Å². The van der Waals surface area contributed by atoms with E-state index >= 15 is 0 Å². The summed E-state index contributed by atoms with van der Waals surface area (Å²) in [7, 11) is -3.32. The lowest BCUT2D eigenvalue weighted by Gasteiger charge is -2.14. The van der Waals surface area contributed by atoms with Crippen LogP contribution in [0.4, 0.5) is 21.9 Å². The van der Waals surface area contributed by atoms with E-state index in [4.69, 9.17) is 0 Å².